The van der Waals surface area contributed by atoms with Gasteiger partial charge in [0.1, 0.15) is 10.7 Å². The molecule has 8 nitrogen and oxygen atoms in total. The third-order valence-corrected chi connectivity index (χ3v) is 3.62. The Morgan fingerprint density at radius 1 is 1.37 bits per heavy atom. The zero-order chi connectivity index (χ0) is 14.5. The number of urea groups is 1. The molecule has 4 N–H and O–H groups in total. The third-order valence-electron chi connectivity index (χ3n) is 2.17. The van der Waals surface area contributed by atoms with Crippen LogP contribution in [0.25, 0.3) is 0 Å². The summed E-state index contributed by atoms with van der Waals surface area (Å²) < 4.78 is 26.0. The lowest BCUT2D eigenvalue weighted by Gasteiger charge is -2.12. The van der Waals surface area contributed by atoms with Gasteiger partial charge in [-0.1, -0.05) is 0 Å². The summed E-state index contributed by atoms with van der Waals surface area (Å²) in [6, 6.07) is 2.49. The molecular formula is C10H17N5O3S. The van der Waals surface area contributed by atoms with E-state index >= 15 is 0 Å². The van der Waals surface area contributed by atoms with E-state index in [1.165, 1.54) is 23.2 Å². The van der Waals surface area contributed by atoms with Crippen LogP contribution in [0.15, 0.2) is 23.2 Å². The Hall–Kier alpha value is -1.87. The van der Waals surface area contributed by atoms with E-state index in [9.17, 15) is 13.2 Å². The molecule has 0 fully saturated rings. The fourth-order valence-corrected chi connectivity index (χ4v) is 2.12. The summed E-state index contributed by atoms with van der Waals surface area (Å²) in [7, 11) is -0.435. The molecule has 1 rings (SSSR count). The van der Waals surface area contributed by atoms with Crippen molar-refractivity contribution >= 4 is 21.9 Å². The van der Waals surface area contributed by atoms with Crippen LogP contribution >= 0.6 is 0 Å². The summed E-state index contributed by atoms with van der Waals surface area (Å²) in [6.07, 6.45) is 1.18. The molecule has 19 heavy (non-hydrogen) atoms. The molecule has 106 valence electrons. The van der Waals surface area contributed by atoms with Gasteiger partial charge in [-0.2, -0.15) is 0 Å². The Morgan fingerprint density at radius 2 is 2.05 bits per heavy atom. The average molecular weight is 287 g/mol. The molecule has 0 aliphatic rings. The number of carbonyl (C=O) groups excluding carboxylic acids is 1. The van der Waals surface area contributed by atoms with Gasteiger partial charge in [-0.05, 0) is 12.1 Å². The lowest BCUT2D eigenvalue weighted by molar-refractivity contribution is 0.217. The third kappa shape index (κ3) is 4.72. The van der Waals surface area contributed by atoms with Gasteiger partial charge in [-0.15, -0.1) is 0 Å². The summed E-state index contributed by atoms with van der Waals surface area (Å²) in [6.45, 7) is 0.283. The predicted octanol–water partition coefficient (Wildman–Crippen LogP) is -0.787. The van der Waals surface area contributed by atoms with E-state index in [-0.39, 0.29) is 29.8 Å². The van der Waals surface area contributed by atoms with Gasteiger partial charge in [0.15, 0.2) is 0 Å². The van der Waals surface area contributed by atoms with Crippen LogP contribution in [0.1, 0.15) is 0 Å². The predicted molar refractivity (Wildman–Crippen MR) is 70.9 cm³/mol. The molecule has 1 aromatic heterocycles. The van der Waals surface area contributed by atoms with Crippen molar-refractivity contribution in [2.45, 2.75) is 4.90 Å². The molecule has 1 aromatic rings. The first kappa shape index (κ1) is 15.2. The standard InChI is InChI=1S/C10H17N5O3S/c1-15(2)10(16)12-5-6-14-19(17,18)8-3-4-9(11)13-7-8/h3-4,7,14H,5-6H2,1-2H3,(H2,11,13)(H,12,16). The van der Waals surface area contributed by atoms with Crippen LogP contribution in [-0.2, 0) is 10.0 Å². The van der Waals surface area contributed by atoms with Gasteiger partial charge in [0, 0.05) is 33.4 Å². The topological polar surface area (TPSA) is 117 Å². The van der Waals surface area contributed by atoms with Crippen LogP contribution in [0.5, 0.6) is 0 Å². The molecule has 0 aromatic carbocycles. The van der Waals surface area contributed by atoms with Crippen molar-refractivity contribution in [3.05, 3.63) is 18.3 Å². The number of nitrogens with two attached hydrogens (primary N) is 1. The van der Waals surface area contributed by atoms with Crippen molar-refractivity contribution in [3.8, 4) is 0 Å². The first-order valence-electron chi connectivity index (χ1n) is 5.49. The van der Waals surface area contributed by atoms with Crippen molar-refractivity contribution in [3.63, 3.8) is 0 Å². The molecule has 0 atom stereocenters. The molecule has 1 heterocycles. The minimum atomic E-state index is -3.63. The highest BCUT2D eigenvalue weighted by atomic mass is 32.2. The van der Waals surface area contributed by atoms with Gasteiger partial charge in [0.2, 0.25) is 10.0 Å². The number of rotatable bonds is 5. The second-order valence-corrected chi connectivity index (χ2v) is 5.71. The van der Waals surface area contributed by atoms with Crippen molar-refractivity contribution in [2.75, 3.05) is 32.9 Å². The second kappa shape index (κ2) is 6.34. The molecule has 0 saturated carbocycles. The molecular weight excluding hydrogens is 270 g/mol. The number of nitrogens with one attached hydrogen (secondary N) is 2. The van der Waals surface area contributed by atoms with E-state index in [1.807, 2.05) is 0 Å². The molecule has 0 bridgehead atoms. The Kier molecular flexibility index (Phi) is 5.07. The van der Waals surface area contributed by atoms with E-state index < -0.39 is 10.0 Å². The van der Waals surface area contributed by atoms with Gasteiger partial charge in [0.25, 0.3) is 0 Å². The number of pyridine rings is 1. The highest BCUT2D eigenvalue weighted by molar-refractivity contribution is 7.89. The van der Waals surface area contributed by atoms with Gasteiger partial charge in [0.05, 0.1) is 0 Å². The van der Waals surface area contributed by atoms with Crippen LogP contribution in [0.2, 0.25) is 0 Å². The number of nitrogen functional groups attached to an aromatic ring is 1. The van der Waals surface area contributed by atoms with Crippen LogP contribution in [0.4, 0.5) is 10.6 Å². The first-order chi connectivity index (χ1) is 8.83. The number of aromatic nitrogens is 1. The maximum absolute atomic E-state index is 11.8. The average Bonchev–Trinajstić information content (AvgIpc) is 2.34. The number of amides is 2. The highest BCUT2D eigenvalue weighted by Crippen LogP contribution is 2.07. The maximum atomic E-state index is 11.8. The summed E-state index contributed by atoms with van der Waals surface area (Å²) in [5, 5.41) is 2.54. The Balaban J connectivity index is 2.48. The molecule has 0 radical (unpaired) electrons. The van der Waals surface area contributed by atoms with Crippen LogP contribution in [-0.4, -0.2) is 51.5 Å². The Morgan fingerprint density at radius 3 is 2.58 bits per heavy atom. The first-order valence-corrected chi connectivity index (χ1v) is 6.97. The maximum Gasteiger partial charge on any atom is 0.316 e. The number of anilines is 1. The quantitative estimate of drug-likeness (QED) is 0.614. The highest BCUT2D eigenvalue weighted by Gasteiger charge is 2.13. The lowest BCUT2D eigenvalue weighted by atomic mass is 10.5. The van der Waals surface area contributed by atoms with E-state index in [1.54, 1.807) is 14.1 Å². The molecule has 0 unspecified atom stereocenters. The minimum absolute atomic E-state index is 0.0284. The summed E-state index contributed by atoms with van der Waals surface area (Å²) in [5.74, 6) is 0.247. The van der Waals surface area contributed by atoms with E-state index in [0.717, 1.165) is 0 Å². The molecule has 0 spiro atoms. The fourth-order valence-electron chi connectivity index (χ4n) is 1.15. The second-order valence-electron chi connectivity index (χ2n) is 3.94. The summed E-state index contributed by atoms with van der Waals surface area (Å²) >= 11 is 0. The number of hydrogen-bond donors (Lipinski definition) is 3. The van der Waals surface area contributed by atoms with Gasteiger partial charge >= 0.3 is 6.03 Å². The lowest BCUT2D eigenvalue weighted by Crippen LogP contribution is -2.39. The van der Waals surface area contributed by atoms with Gasteiger partial charge in [-0.25, -0.2) is 22.9 Å². The van der Waals surface area contributed by atoms with Crippen LogP contribution in [0, 0.1) is 0 Å². The summed E-state index contributed by atoms with van der Waals surface area (Å²) in [5.41, 5.74) is 5.37. The number of nitrogens with zero attached hydrogens (tertiary/aromatic N) is 2. The van der Waals surface area contributed by atoms with Crippen molar-refractivity contribution in [1.82, 2.24) is 19.9 Å². The van der Waals surface area contributed by atoms with E-state index in [2.05, 4.69) is 15.0 Å². The normalized spacial score (nSPS) is 11.1. The SMILES string of the molecule is CN(C)C(=O)NCCNS(=O)(=O)c1ccc(N)nc1. The molecule has 0 aliphatic carbocycles. The van der Waals surface area contributed by atoms with Gasteiger partial charge in [-0.3, -0.25) is 0 Å². The van der Waals surface area contributed by atoms with Crippen molar-refractivity contribution < 1.29 is 13.2 Å². The number of carbonyl (C=O) groups is 1. The van der Waals surface area contributed by atoms with Crippen molar-refractivity contribution in [1.29, 1.82) is 0 Å². The van der Waals surface area contributed by atoms with Crippen LogP contribution in [0.3, 0.4) is 0 Å². The van der Waals surface area contributed by atoms with Crippen molar-refractivity contribution in [2.24, 2.45) is 0 Å². The molecule has 0 saturated heterocycles. The Labute approximate surface area is 112 Å². The summed E-state index contributed by atoms with van der Waals surface area (Å²) in [4.78, 5) is 16.3. The molecule has 2 amide bonds. The number of hydrogen-bond acceptors (Lipinski definition) is 5. The van der Waals surface area contributed by atoms with E-state index in [4.69, 9.17) is 5.73 Å². The molecule has 9 heteroatoms. The van der Waals surface area contributed by atoms with Gasteiger partial charge < -0.3 is 16.0 Å². The zero-order valence-electron chi connectivity index (χ0n) is 10.8. The van der Waals surface area contributed by atoms with E-state index in [0.29, 0.717) is 0 Å². The smallest absolute Gasteiger partial charge is 0.316 e. The zero-order valence-corrected chi connectivity index (χ0v) is 11.6. The van der Waals surface area contributed by atoms with Crippen LogP contribution < -0.4 is 15.8 Å². The largest absolute Gasteiger partial charge is 0.384 e. The minimum Gasteiger partial charge on any atom is -0.384 e. The Bertz CT molecular complexity index is 527. The fraction of sp³-hybridized carbons (Fsp3) is 0.400. The monoisotopic (exact) mass is 287 g/mol. The molecule has 0 aliphatic heterocycles. The number of sulfonamides is 1.